The molecule has 1 amide bonds. The molecule has 8 nitrogen and oxygen atoms in total. The highest BCUT2D eigenvalue weighted by molar-refractivity contribution is 7.13. The molecule has 0 atom stereocenters. The van der Waals surface area contributed by atoms with Gasteiger partial charge in [0.2, 0.25) is 5.78 Å². The molecule has 4 rings (SSSR count). The van der Waals surface area contributed by atoms with Gasteiger partial charge >= 0.3 is 0 Å². The molecule has 1 N–H and O–H groups in total. The van der Waals surface area contributed by atoms with Gasteiger partial charge in [-0.05, 0) is 36.4 Å². The molecule has 32 heavy (non-hydrogen) atoms. The van der Waals surface area contributed by atoms with Crippen molar-refractivity contribution in [2.24, 2.45) is 7.05 Å². The normalized spacial score (nSPS) is 10.6. The van der Waals surface area contributed by atoms with Crippen LogP contribution in [0.5, 0.6) is 11.5 Å². The lowest BCUT2D eigenvalue weighted by atomic mass is 10.1. The summed E-state index contributed by atoms with van der Waals surface area (Å²) in [6.45, 7) is 0. The van der Waals surface area contributed by atoms with Gasteiger partial charge in [-0.15, -0.1) is 11.3 Å². The van der Waals surface area contributed by atoms with E-state index < -0.39 is 0 Å². The zero-order valence-corrected chi connectivity index (χ0v) is 18.5. The van der Waals surface area contributed by atoms with E-state index in [1.807, 2.05) is 12.1 Å². The van der Waals surface area contributed by atoms with E-state index in [0.717, 1.165) is 5.56 Å². The highest BCUT2D eigenvalue weighted by Crippen LogP contribution is 2.39. The molecule has 0 fully saturated rings. The molecule has 162 valence electrons. The molecule has 0 saturated carbocycles. The Labute approximate surface area is 188 Å². The summed E-state index contributed by atoms with van der Waals surface area (Å²) in [4.78, 5) is 33.7. The Morgan fingerprint density at radius 2 is 1.84 bits per heavy atom. The van der Waals surface area contributed by atoms with Crippen LogP contribution in [0.1, 0.15) is 26.7 Å². The van der Waals surface area contributed by atoms with E-state index in [4.69, 9.17) is 9.47 Å². The summed E-state index contributed by atoms with van der Waals surface area (Å²) in [5, 5.41) is 5.13. The van der Waals surface area contributed by atoms with Crippen molar-refractivity contribution >= 4 is 28.7 Å². The molecule has 0 aliphatic rings. The number of nitrogens with zero attached hydrogens (tertiary/aromatic N) is 3. The van der Waals surface area contributed by atoms with E-state index in [2.05, 4.69) is 15.3 Å². The first kappa shape index (κ1) is 21.3. The first-order valence-corrected chi connectivity index (χ1v) is 10.5. The van der Waals surface area contributed by atoms with Crippen molar-refractivity contribution in [3.8, 4) is 22.1 Å². The van der Waals surface area contributed by atoms with E-state index in [-0.39, 0.29) is 17.4 Å². The standard InChI is InChI=1S/C23H20N4O4S/c1-27-12-11-24-21(27)19(28)14-7-9-15(10-8-14)25-22(29)17-13-32-23(26-17)16-5-4-6-18(30-2)20(16)31-3/h4-13H,1-3H3,(H,25,29). The number of benzene rings is 2. The molecule has 0 saturated heterocycles. The number of nitrogens with one attached hydrogen (secondary N) is 1. The predicted octanol–water partition coefficient (Wildman–Crippen LogP) is 4.04. The number of carbonyl (C=O) groups is 2. The molecule has 2 heterocycles. The van der Waals surface area contributed by atoms with Gasteiger partial charge in [0.25, 0.3) is 5.91 Å². The Kier molecular flexibility index (Phi) is 6.00. The minimum Gasteiger partial charge on any atom is -0.493 e. The van der Waals surface area contributed by atoms with Gasteiger partial charge < -0.3 is 19.4 Å². The van der Waals surface area contributed by atoms with Crippen molar-refractivity contribution in [1.29, 1.82) is 0 Å². The molecule has 4 aromatic rings. The fourth-order valence-electron chi connectivity index (χ4n) is 3.17. The van der Waals surface area contributed by atoms with E-state index in [9.17, 15) is 9.59 Å². The number of aryl methyl sites for hydroxylation is 1. The van der Waals surface area contributed by atoms with Crippen molar-refractivity contribution in [3.63, 3.8) is 0 Å². The second kappa shape index (κ2) is 9.03. The second-order valence-corrected chi connectivity index (χ2v) is 7.66. The Bertz CT molecular complexity index is 1280. The number of thiazole rings is 1. The van der Waals surface area contributed by atoms with Gasteiger partial charge in [0.1, 0.15) is 10.7 Å². The quantitative estimate of drug-likeness (QED) is 0.429. The highest BCUT2D eigenvalue weighted by Gasteiger charge is 2.18. The monoisotopic (exact) mass is 448 g/mol. The molecule has 2 aromatic carbocycles. The number of amides is 1. The lowest BCUT2D eigenvalue weighted by molar-refractivity contribution is 0.101. The number of ketones is 1. The number of ether oxygens (including phenoxy) is 2. The van der Waals surface area contributed by atoms with Crippen molar-refractivity contribution in [3.05, 3.63) is 77.3 Å². The third kappa shape index (κ3) is 4.10. The van der Waals surface area contributed by atoms with Gasteiger partial charge in [-0.1, -0.05) is 6.07 Å². The third-order valence-electron chi connectivity index (χ3n) is 4.80. The van der Waals surface area contributed by atoms with Crippen molar-refractivity contribution in [2.75, 3.05) is 19.5 Å². The van der Waals surface area contributed by atoms with Crippen LogP contribution < -0.4 is 14.8 Å². The number of methoxy groups -OCH3 is 2. The summed E-state index contributed by atoms with van der Waals surface area (Å²) in [5.41, 5.74) is 2.06. The molecule has 2 aromatic heterocycles. The summed E-state index contributed by atoms with van der Waals surface area (Å²) in [7, 11) is 4.89. The van der Waals surface area contributed by atoms with Crippen LogP contribution in [0.2, 0.25) is 0 Å². The fourth-order valence-corrected chi connectivity index (χ4v) is 3.99. The fraction of sp³-hybridized carbons (Fsp3) is 0.130. The van der Waals surface area contributed by atoms with Gasteiger partial charge in [0.15, 0.2) is 17.3 Å². The van der Waals surface area contributed by atoms with Crippen LogP contribution in [0.3, 0.4) is 0 Å². The average molecular weight is 449 g/mol. The van der Waals surface area contributed by atoms with E-state index in [1.54, 1.807) is 73.9 Å². The minimum atomic E-state index is -0.349. The molecular formula is C23H20N4O4S. The van der Waals surface area contributed by atoms with Crippen LogP contribution in [-0.2, 0) is 7.05 Å². The Morgan fingerprint density at radius 3 is 2.50 bits per heavy atom. The number of hydrogen-bond acceptors (Lipinski definition) is 7. The number of aromatic nitrogens is 3. The van der Waals surface area contributed by atoms with Gasteiger partial charge in [0.05, 0.1) is 19.8 Å². The number of imidazole rings is 1. The highest BCUT2D eigenvalue weighted by atomic mass is 32.1. The van der Waals surface area contributed by atoms with E-state index in [0.29, 0.717) is 33.6 Å². The molecule has 0 unspecified atom stereocenters. The number of rotatable bonds is 7. The largest absolute Gasteiger partial charge is 0.493 e. The Balaban J connectivity index is 1.49. The topological polar surface area (TPSA) is 95.3 Å². The van der Waals surface area contributed by atoms with Crippen LogP contribution in [0.15, 0.2) is 60.2 Å². The van der Waals surface area contributed by atoms with Crippen LogP contribution in [0.25, 0.3) is 10.6 Å². The lowest BCUT2D eigenvalue weighted by Gasteiger charge is -2.10. The first-order valence-electron chi connectivity index (χ1n) is 9.62. The summed E-state index contributed by atoms with van der Waals surface area (Å²) < 4.78 is 12.5. The molecule has 0 bridgehead atoms. The van der Waals surface area contributed by atoms with Gasteiger partial charge in [-0.3, -0.25) is 9.59 Å². The summed E-state index contributed by atoms with van der Waals surface area (Å²) in [6.07, 6.45) is 3.29. The second-order valence-electron chi connectivity index (χ2n) is 6.80. The maximum Gasteiger partial charge on any atom is 0.275 e. The van der Waals surface area contributed by atoms with Crippen molar-refractivity contribution in [1.82, 2.24) is 14.5 Å². The molecule has 0 radical (unpaired) electrons. The smallest absolute Gasteiger partial charge is 0.275 e. The SMILES string of the molecule is COc1cccc(-c2nc(C(=O)Nc3ccc(C(=O)c4nccn4C)cc3)cs2)c1OC. The summed E-state index contributed by atoms with van der Waals surface area (Å²) >= 11 is 1.34. The molecule has 9 heteroatoms. The van der Waals surface area contributed by atoms with Crippen molar-refractivity contribution < 1.29 is 19.1 Å². The Morgan fingerprint density at radius 1 is 1.06 bits per heavy atom. The Hall–Kier alpha value is -3.98. The number of carbonyl (C=O) groups excluding carboxylic acids is 2. The number of para-hydroxylation sites is 1. The maximum absolute atomic E-state index is 12.7. The third-order valence-corrected chi connectivity index (χ3v) is 5.67. The van der Waals surface area contributed by atoms with E-state index >= 15 is 0 Å². The van der Waals surface area contributed by atoms with Crippen LogP contribution in [0.4, 0.5) is 5.69 Å². The van der Waals surface area contributed by atoms with Crippen molar-refractivity contribution in [2.45, 2.75) is 0 Å². The van der Waals surface area contributed by atoms with E-state index in [1.165, 1.54) is 11.3 Å². The van der Waals surface area contributed by atoms with Crippen LogP contribution >= 0.6 is 11.3 Å². The molecule has 0 aliphatic heterocycles. The van der Waals surface area contributed by atoms with Gasteiger partial charge in [-0.25, -0.2) is 9.97 Å². The minimum absolute atomic E-state index is 0.188. The number of hydrogen-bond donors (Lipinski definition) is 1. The predicted molar refractivity (Wildman–Crippen MR) is 122 cm³/mol. The molecule has 0 spiro atoms. The summed E-state index contributed by atoms with van der Waals surface area (Å²) in [6, 6.07) is 12.1. The zero-order chi connectivity index (χ0) is 22.7. The molecule has 0 aliphatic carbocycles. The van der Waals surface area contributed by atoms with Crippen LogP contribution in [-0.4, -0.2) is 40.4 Å². The maximum atomic E-state index is 12.7. The lowest BCUT2D eigenvalue weighted by Crippen LogP contribution is -2.13. The number of anilines is 1. The average Bonchev–Trinajstić information content (AvgIpc) is 3.48. The van der Waals surface area contributed by atoms with Gasteiger partial charge in [-0.2, -0.15) is 0 Å². The molecular weight excluding hydrogens is 428 g/mol. The summed E-state index contributed by atoms with van der Waals surface area (Å²) in [5.74, 6) is 0.963. The zero-order valence-electron chi connectivity index (χ0n) is 17.7. The first-order chi connectivity index (χ1) is 15.5. The van der Waals surface area contributed by atoms with Gasteiger partial charge in [0, 0.05) is 36.1 Å². The van der Waals surface area contributed by atoms with Crippen LogP contribution in [0, 0.1) is 0 Å².